The molecule has 0 bridgehead atoms. The van der Waals surface area contributed by atoms with Gasteiger partial charge in [0, 0.05) is 0 Å². The lowest BCUT2D eigenvalue weighted by Gasteiger charge is -2.44. The lowest BCUT2D eigenvalue weighted by molar-refractivity contribution is 0.119. The first-order valence-electron chi connectivity index (χ1n) is 10.3. The number of hydrogen-bond donors (Lipinski definition) is 0. The molecule has 0 aromatic heterocycles. The van der Waals surface area contributed by atoms with E-state index in [2.05, 4.69) is 97.2 Å². The van der Waals surface area contributed by atoms with Gasteiger partial charge in [0.1, 0.15) is 0 Å². The fourth-order valence-corrected chi connectivity index (χ4v) is 5.32. The summed E-state index contributed by atoms with van der Waals surface area (Å²) in [6, 6.07) is 0. The van der Waals surface area contributed by atoms with Gasteiger partial charge in [0.05, 0.1) is 0 Å². The van der Waals surface area contributed by atoms with Crippen molar-refractivity contribution < 1.29 is 0 Å². The van der Waals surface area contributed by atoms with Crippen molar-refractivity contribution in [3.05, 3.63) is 97.2 Å². The minimum Gasteiger partial charge on any atom is -0.0840 e. The number of hydrogen-bond acceptors (Lipinski definition) is 0. The van der Waals surface area contributed by atoms with E-state index in [9.17, 15) is 0 Å². The van der Waals surface area contributed by atoms with Crippen LogP contribution in [0.5, 0.6) is 0 Å². The molecule has 0 heterocycles. The second kappa shape index (κ2) is 8.54. The van der Waals surface area contributed by atoms with Crippen molar-refractivity contribution in [3.8, 4) is 0 Å². The van der Waals surface area contributed by atoms with Gasteiger partial charge in [-0.15, -0.1) is 0 Å². The van der Waals surface area contributed by atoms with E-state index in [1.54, 1.807) is 0 Å². The third kappa shape index (κ3) is 3.85. The lowest BCUT2D eigenvalue weighted by atomic mass is 9.60. The van der Waals surface area contributed by atoms with E-state index < -0.39 is 0 Å². The first-order chi connectivity index (χ1) is 12.9. The molecule has 26 heavy (non-hydrogen) atoms. The first-order valence-corrected chi connectivity index (χ1v) is 10.3. The van der Waals surface area contributed by atoms with Gasteiger partial charge in [-0.2, -0.15) is 0 Å². The molecule has 0 saturated heterocycles. The Morgan fingerprint density at radius 1 is 0.385 bits per heavy atom. The Balaban J connectivity index is 1.69. The summed E-state index contributed by atoms with van der Waals surface area (Å²) in [5.74, 6) is 3.93. The van der Waals surface area contributed by atoms with Crippen LogP contribution in [-0.2, 0) is 0 Å². The standard InChI is InChI=1S/C26H30/c1-5-13-21(14-6-1)25(22-15-7-2-8-16-22)26(23-17-9-3-10-18-23)24-19-11-4-12-20-24/h1-13,15,17,19,21-26H,14,16,18,20H2. The molecule has 0 nitrogen and oxygen atoms in total. The maximum Gasteiger partial charge on any atom is -0.0159 e. The van der Waals surface area contributed by atoms with Crippen LogP contribution in [-0.4, -0.2) is 0 Å². The lowest BCUT2D eigenvalue weighted by Crippen LogP contribution is -2.38. The number of allylic oxidation sites excluding steroid dienone is 16. The van der Waals surface area contributed by atoms with E-state index in [-0.39, 0.29) is 0 Å². The highest BCUT2D eigenvalue weighted by Gasteiger charge is 2.40. The molecule has 134 valence electrons. The second-order valence-corrected chi connectivity index (χ2v) is 8.01. The van der Waals surface area contributed by atoms with E-state index >= 15 is 0 Å². The van der Waals surface area contributed by atoms with Crippen molar-refractivity contribution in [2.24, 2.45) is 35.5 Å². The topological polar surface area (TPSA) is 0 Å². The van der Waals surface area contributed by atoms with Crippen molar-refractivity contribution in [2.75, 3.05) is 0 Å². The number of rotatable bonds is 5. The van der Waals surface area contributed by atoms with Crippen molar-refractivity contribution >= 4 is 0 Å². The molecule has 0 radical (unpaired) electrons. The Bertz CT molecular complexity index is 584. The summed E-state index contributed by atoms with van der Waals surface area (Å²) in [4.78, 5) is 0. The van der Waals surface area contributed by atoms with Gasteiger partial charge in [-0.1, -0.05) is 97.2 Å². The minimum absolute atomic E-state index is 0.643. The summed E-state index contributed by atoms with van der Waals surface area (Å²) in [6.07, 6.45) is 42.1. The van der Waals surface area contributed by atoms with Gasteiger partial charge in [0.15, 0.2) is 0 Å². The Labute approximate surface area is 158 Å². The Kier molecular flexibility index (Phi) is 5.69. The summed E-state index contributed by atoms with van der Waals surface area (Å²) in [5.41, 5.74) is 0. The fourth-order valence-electron chi connectivity index (χ4n) is 5.32. The summed E-state index contributed by atoms with van der Waals surface area (Å²) in [7, 11) is 0. The highest BCUT2D eigenvalue weighted by atomic mass is 14.4. The van der Waals surface area contributed by atoms with Crippen LogP contribution >= 0.6 is 0 Å². The molecule has 0 saturated carbocycles. The van der Waals surface area contributed by atoms with Crippen LogP contribution in [0.2, 0.25) is 0 Å². The van der Waals surface area contributed by atoms with Gasteiger partial charge in [0.2, 0.25) is 0 Å². The molecule has 4 unspecified atom stereocenters. The molecule has 4 aliphatic carbocycles. The molecule has 0 fully saturated rings. The predicted octanol–water partition coefficient (Wildman–Crippen LogP) is 6.75. The minimum atomic E-state index is 0.643. The molecule has 0 aliphatic heterocycles. The van der Waals surface area contributed by atoms with Gasteiger partial charge >= 0.3 is 0 Å². The van der Waals surface area contributed by atoms with Crippen LogP contribution in [0.1, 0.15) is 25.7 Å². The molecule has 0 heteroatoms. The molecule has 0 amide bonds. The zero-order valence-electron chi connectivity index (χ0n) is 15.5. The van der Waals surface area contributed by atoms with Gasteiger partial charge in [0.25, 0.3) is 0 Å². The molecule has 0 aromatic carbocycles. The van der Waals surface area contributed by atoms with Crippen LogP contribution in [0.15, 0.2) is 97.2 Å². The van der Waals surface area contributed by atoms with Crippen LogP contribution in [0.3, 0.4) is 0 Å². The SMILES string of the molecule is C1=CCC(C(C2C=CC=CC2)C(C2C=CC=CC2)C2C=CC=CC2)C=C1. The molecule has 4 aliphatic rings. The maximum absolute atomic E-state index is 2.48. The smallest absolute Gasteiger partial charge is 0.0159 e. The second-order valence-electron chi connectivity index (χ2n) is 8.01. The Morgan fingerprint density at radius 3 is 0.846 bits per heavy atom. The third-order valence-corrected chi connectivity index (χ3v) is 6.48. The Morgan fingerprint density at radius 2 is 0.654 bits per heavy atom. The van der Waals surface area contributed by atoms with Crippen LogP contribution in [0.25, 0.3) is 0 Å². The van der Waals surface area contributed by atoms with Crippen molar-refractivity contribution in [3.63, 3.8) is 0 Å². The molecule has 4 rings (SSSR count). The summed E-state index contributed by atoms with van der Waals surface area (Å²) >= 11 is 0. The summed E-state index contributed by atoms with van der Waals surface area (Å²) in [6.45, 7) is 0. The summed E-state index contributed by atoms with van der Waals surface area (Å²) in [5, 5.41) is 0. The van der Waals surface area contributed by atoms with Crippen LogP contribution < -0.4 is 0 Å². The molecule has 0 spiro atoms. The fraction of sp³-hybridized carbons (Fsp3) is 0.385. The Hall–Kier alpha value is -2.08. The van der Waals surface area contributed by atoms with Crippen LogP contribution in [0, 0.1) is 35.5 Å². The van der Waals surface area contributed by atoms with Crippen LogP contribution in [0.4, 0.5) is 0 Å². The van der Waals surface area contributed by atoms with Gasteiger partial charge in [-0.05, 0) is 61.2 Å². The highest BCUT2D eigenvalue weighted by Crippen LogP contribution is 2.47. The quantitative estimate of drug-likeness (QED) is 0.518. The highest BCUT2D eigenvalue weighted by molar-refractivity contribution is 5.22. The molecule has 0 N–H and O–H groups in total. The molecule has 4 atom stereocenters. The average molecular weight is 343 g/mol. The van der Waals surface area contributed by atoms with Gasteiger partial charge < -0.3 is 0 Å². The predicted molar refractivity (Wildman–Crippen MR) is 113 cm³/mol. The van der Waals surface area contributed by atoms with Crippen molar-refractivity contribution in [1.82, 2.24) is 0 Å². The van der Waals surface area contributed by atoms with E-state index in [1.165, 1.54) is 25.7 Å². The van der Waals surface area contributed by atoms with Gasteiger partial charge in [-0.3, -0.25) is 0 Å². The molecular formula is C26H30. The first kappa shape index (κ1) is 17.3. The van der Waals surface area contributed by atoms with Gasteiger partial charge in [-0.25, -0.2) is 0 Å². The molecule has 0 aromatic rings. The van der Waals surface area contributed by atoms with Crippen molar-refractivity contribution in [1.29, 1.82) is 0 Å². The maximum atomic E-state index is 2.48. The van der Waals surface area contributed by atoms with Crippen molar-refractivity contribution in [2.45, 2.75) is 25.7 Å². The summed E-state index contributed by atoms with van der Waals surface area (Å²) < 4.78 is 0. The monoisotopic (exact) mass is 342 g/mol. The van der Waals surface area contributed by atoms with E-state index in [4.69, 9.17) is 0 Å². The molecular weight excluding hydrogens is 312 g/mol. The largest absolute Gasteiger partial charge is 0.0840 e. The normalized spacial score (nSPS) is 34.3. The third-order valence-electron chi connectivity index (χ3n) is 6.48. The average Bonchev–Trinajstić information content (AvgIpc) is 2.74. The zero-order valence-corrected chi connectivity index (χ0v) is 15.5. The van der Waals surface area contributed by atoms with E-state index in [1.807, 2.05) is 0 Å². The van der Waals surface area contributed by atoms with E-state index in [0.29, 0.717) is 35.5 Å². The van der Waals surface area contributed by atoms with E-state index in [0.717, 1.165) is 0 Å². The zero-order chi connectivity index (χ0) is 17.6.